The molecule has 0 amide bonds. The van der Waals surface area contributed by atoms with Gasteiger partial charge in [-0.1, -0.05) is 37.3 Å². The molecule has 0 N–H and O–H groups in total. The fourth-order valence-corrected chi connectivity index (χ4v) is 5.24. The highest BCUT2D eigenvalue weighted by Crippen LogP contribution is 2.43. The molecule has 2 aliphatic rings. The molecule has 2 bridgehead atoms. The summed E-state index contributed by atoms with van der Waals surface area (Å²) in [4.78, 5) is 27.4. The third-order valence-electron chi connectivity index (χ3n) is 6.82. The molecule has 1 saturated heterocycles. The van der Waals surface area contributed by atoms with Crippen LogP contribution in [-0.2, 0) is 9.53 Å². The van der Waals surface area contributed by atoms with Crippen molar-refractivity contribution < 1.29 is 19.1 Å². The van der Waals surface area contributed by atoms with Gasteiger partial charge in [0.15, 0.2) is 5.78 Å². The number of Topliss-reactive ketones (excluding diaryl/α,β-unsaturated/α-hetero) is 1. The van der Waals surface area contributed by atoms with Gasteiger partial charge in [-0.15, -0.1) is 0 Å². The second kappa shape index (κ2) is 9.65. The molecule has 0 unspecified atom stereocenters. The minimum Gasteiger partial charge on any atom is -0.492 e. The van der Waals surface area contributed by atoms with Crippen LogP contribution in [-0.4, -0.2) is 49.0 Å². The van der Waals surface area contributed by atoms with Gasteiger partial charge in [-0.2, -0.15) is 0 Å². The summed E-state index contributed by atoms with van der Waals surface area (Å²) in [7, 11) is 1.38. The maximum atomic E-state index is 13.3. The number of methoxy groups -OCH3 is 1. The first-order valence-corrected chi connectivity index (χ1v) is 11.2. The Balaban J connectivity index is 1.36. The van der Waals surface area contributed by atoms with Crippen molar-refractivity contribution in [3.8, 4) is 5.75 Å². The molecule has 1 saturated carbocycles. The zero-order valence-electron chi connectivity index (χ0n) is 18.3. The second-order valence-electron chi connectivity index (χ2n) is 8.76. The highest BCUT2D eigenvalue weighted by Gasteiger charge is 2.48. The number of esters is 1. The molecule has 0 aromatic heterocycles. The summed E-state index contributed by atoms with van der Waals surface area (Å²) >= 11 is 0. The van der Waals surface area contributed by atoms with Gasteiger partial charge >= 0.3 is 5.97 Å². The van der Waals surface area contributed by atoms with Crippen molar-refractivity contribution in [3.05, 3.63) is 65.7 Å². The number of ether oxygens (including phenoxy) is 2. The SMILES string of the molecule is COC(=O)c1ccc([C@H](C)CC(=O)[C@H]2[C@@H]3CC[C@@H](C3)N2CCOc2ccccc2)cc1. The van der Waals surface area contributed by atoms with E-state index in [2.05, 4.69) is 11.8 Å². The van der Waals surface area contributed by atoms with Crippen molar-refractivity contribution >= 4 is 11.8 Å². The average molecular weight is 422 g/mol. The molecular formula is C26H31NO4. The van der Waals surface area contributed by atoms with Crippen LogP contribution in [0.25, 0.3) is 0 Å². The Morgan fingerprint density at radius 3 is 2.52 bits per heavy atom. The van der Waals surface area contributed by atoms with Gasteiger partial charge in [-0.3, -0.25) is 9.69 Å². The van der Waals surface area contributed by atoms with Crippen molar-refractivity contribution in [3.63, 3.8) is 0 Å². The lowest BCUT2D eigenvalue weighted by atomic mass is 9.87. The van der Waals surface area contributed by atoms with Gasteiger partial charge in [-0.25, -0.2) is 4.79 Å². The first-order valence-electron chi connectivity index (χ1n) is 11.2. The molecule has 4 atom stereocenters. The van der Waals surface area contributed by atoms with Crippen LogP contribution in [0.4, 0.5) is 0 Å². The maximum absolute atomic E-state index is 13.3. The largest absolute Gasteiger partial charge is 0.492 e. The number of fused-ring (bicyclic) bond motifs is 2. The van der Waals surface area contributed by atoms with Crippen molar-refractivity contribution in [1.82, 2.24) is 4.90 Å². The number of nitrogens with zero attached hydrogens (tertiary/aromatic N) is 1. The van der Waals surface area contributed by atoms with Gasteiger partial charge in [0.05, 0.1) is 18.7 Å². The van der Waals surface area contributed by atoms with Gasteiger partial charge in [0.1, 0.15) is 12.4 Å². The lowest BCUT2D eigenvalue weighted by Gasteiger charge is -2.34. The lowest BCUT2D eigenvalue weighted by Crippen LogP contribution is -2.47. The standard InChI is InChI=1S/C26H31NO4/c1-18(19-8-10-20(11-9-19)26(29)30-2)16-24(28)25-21-12-13-22(17-21)27(25)14-15-31-23-6-4-3-5-7-23/h3-11,18,21-22,25H,12-17H2,1-2H3/t18-,21-,22+,25-/m1/s1. The average Bonchev–Trinajstić information content (AvgIpc) is 3.41. The van der Waals surface area contributed by atoms with Crippen molar-refractivity contribution in [2.75, 3.05) is 20.3 Å². The van der Waals surface area contributed by atoms with Crippen LogP contribution in [0.2, 0.25) is 0 Å². The summed E-state index contributed by atoms with van der Waals surface area (Å²) in [6, 6.07) is 17.8. The number of hydrogen-bond donors (Lipinski definition) is 0. The van der Waals surface area contributed by atoms with Crippen LogP contribution in [0.1, 0.15) is 54.4 Å². The third kappa shape index (κ3) is 4.82. The Labute approximate surface area is 184 Å². The van der Waals surface area contributed by atoms with E-state index in [4.69, 9.17) is 9.47 Å². The van der Waals surface area contributed by atoms with Crippen LogP contribution in [0.5, 0.6) is 5.75 Å². The Morgan fingerprint density at radius 2 is 1.81 bits per heavy atom. The number of benzene rings is 2. The van der Waals surface area contributed by atoms with E-state index in [1.54, 1.807) is 12.1 Å². The zero-order chi connectivity index (χ0) is 21.8. The van der Waals surface area contributed by atoms with E-state index in [1.165, 1.54) is 13.5 Å². The van der Waals surface area contributed by atoms with E-state index in [1.807, 2.05) is 42.5 Å². The van der Waals surface area contributed by atoms with E-state index in [9.17, 15) is 9.59 Å². The fourth-order valence-electron chi connectivity index (χ4n) is 5.24. The van der Waals surface area contributed by atoms with Gasteiger partial charge in [-0.05, 0) is 60.9 Å². The molecule has 2 aromatic rings. The Hall–Kier alpha value is -2.66. The molecule has 4 rings (SSSR count). The number of carbonyl (C=O) groups excluding carboxylic acids is 2. The quantitative estimate of drug-likeness (QED) is 0.559. The van der Waals surface area contributed by atoms with E-state index in [0.29, 0.717) is 36.3 Å². The van der Waals surface area contributed by atoms with Crippen LogP contribution in [0, 0.1) is 5.92 Å². The molecule has 1 heterocycles. The van der Waals surface area contributed by atoms with Crippen molar-refractivity contribution in [2.24, 2.45) is 5.92 Å². The molecule has 31 heavy (non-hydrogen) atoms. The van der Waals surface area contributed by atoms with Gasteiger partial charge in [0, 0.05) is 19.0 Å². The fraction of sp³-hybridized carbons (Fsp3) is 0.462. The topological polar surface area (TPSA) is 55.8 Å². The number of para-hydroxylation sites is 1. The molecule has 1 aliphatic carbocycles. The van der Waals surface area contributed by atoms with Gasteiger partial charge in [0.2, 0.25) is 0 Å². The summed E-state index contributed by atoms with van der Waals surface area (Å²) in [5, 5.41) is 0. The summed E-state index contributed by atoms with van der Waals surface area (Å²) in [6.45, 7) is 3.47. The molecule has 5 heteroatoms. The predicted octanol–water partition coefficient (Wildman–Crippen LogP) is 4.47. The van der Waals surface area contributed by atoms with Crippen molar-refractivity contribution in [2.45, 2.75) is 50.6 Å². The Bertz CT molecular complexity index is 895. The van der Waals surface area contributed by atoms with E-state index in [-0.39, 0.29) is 17.9 Å². The number of piperidine rings is 1. The van der Waals surface area contributed by atoms with Crippen LogP contribution in [0.15, 0.2) is 54.6 Å². The minimum atomic E-state index is -0.342. The minimum absolute atomic E-state index is 0.00918. The molecule has 0 radical (unpaired) electrons. The molecule has 5 nitrogen and oxygen atoms in total. The van der Waals surface area contributed by atoms with Crippen LogP contribution >= 0.6 is 0 Å². The summed E-state index contributed by atoms with van der Waals surface area (Å²) in [5.74, 6) is 1.45. The van der Waals surface area contributed by atoms with E-state index < -0.39 is 0 Å². The van der Waals surface area contributed by atoms with Gasteiger partial charge in [0.25, 0.3) is 0 Å². The maximum Gasteiger partial charge on any atom is 0.337 e. The number of hydrogen-bond acceptors (Lipinski definition) is 5. The number of ketones is 1. The number of carbonyl (C=O) groups is 2. The smallest absolute Gasteiger partial charge is 0.337 e. The second-order valence-corrected chi connectivity index (χ2v) is 8.76. The molecule has 0 spiro atoms. The number of rotatable bonds is 9. The van der Waals surface area contributed by atoms with Crippen LogP contribution < -0.4 is 4.74 Å². The number of likely N-dealkylation sites (tertiary alicyclic amines) is 1. The lowest BCUT2D eigenvalue weighted by molar-refractivity contribution is -0.126. The molecule has 2 fully saturated rings. The van der Waals surface area contributed by atoms with Gasteiger partial charge < -0.3 is 9.47 Å². The summed E-state index contributed by atoms with van der Waals surface area (Å²) in [5.41, 5.74) is 1.60. The predicted molar refractivity (Wildman–Crippen MR) is 119 cm³/mol. The highest BCUT2D eigenvalue weighted by atomic mass is 16.5. The third-order valence-corrected chi connectivity index (χ3v) is 6.82. The highest BCUT2D eigenvalue weighted by molar-refractivity contribution is 5.89. The zero-order valence-corrected chi connectivity index (χ0v) is 18.3. The Kier molecular flexibility index (Phi) is 6.71. The first-order chi connectivity index (χ1) is 15.1. The molecule has 2 aromatic carbocycles. The van der Waals surface area contributed by atoms with Crippen molar-refractivity contribution in [1.29, 1.82) is 0 Å². The molecule has 164 valence electrons. The molecular weight excluding hydrogens is 390 g/mol. The van der Waals surface area contributed by atoms with Crippen LogP contribution in [0.3, 0.4) is 0 Å². The monoisotopic (exact) mass is 421 g/mol. The first kappa shape index (κ1) is 21.6. The summed E-state index contributed by atoms with van der Waals surface area (Å²) < 4.78 is 10.7. The van der Waals surface area contributed by atoms with E-state index >= 15 is 0 Å². The van der Waals surface area contributed by atoms with E-state index in [0.717, 1.165) is 30.7 Å². The molecule has 1 aliphatic heterocycles. The summed E-state index contributed by atoms with van der Waals surface area (Å²) in [6.07, 6.45) is 3.98. The normalized spacial score (nSPS) is 23.5. The Morgan fingerprint density at radius 1 is 1.06 bits per heavy atom.